The molecule has 2 N–H and O–H groups in total. The van der Waals surface area contributed by atoms with Gasteiger partial charge >= 0.3 is 0 Å². The molecule has 0 saturated carbocycles. The minimum absolute atomic E-state index is 0.0272. The van der Waals surface area contributed by atoms with Crippen LogP contribution < -0.4 is 10.6 Å². The van der Waals surface area contributed by atoms with Crippen molar-refractivity contribution in [2.45, 2.75) is 24.1 Å². The summed E-state index contributed by atoms with van der Waals surface area (Å²) >= 11 is 7.55. The minimum atomic E-state index is -0.414. The van der Waals surface area contributed by atoms with Crippen molar-refractivity contribution in [3.63, 3.8) is 0 Å². The number of benzene rings is 2. The first-order valence-corrected chi connectivity index (χ1v) is 10.1. The van der Waals surface area contributed by atoms with E-state index in [2.05, 4.69) is 22.8 Å². The van der Waals surface area contributed by atoms with Crippen molar-refractivity contribution in [1.82, 2.24) is 10.6 Å². The van der Waals surface area contributed by atoms with E-state index in [0.717, 1.165) is 17.5 Å². The molecule has 1 fully saturated rings. The van der Waals surface area contributed by atoms with Crippen LogP contribution in [-0.4, -0.2) is 30.2 Å². The Morgan fingerprint density at radius 3 is 2.54 bits per heavy atom. The van der Waals surface area contributed by atoms with Crippen LogP contribution in [0.1, 0.15) is 29.2 Å². The molecule has 1 aliphatic heterocycles. The SMILES string of the molecule is O=C(CS[C@H](c1ccccc1)c1ccc(Cl)cc1)N[C@H]1CCCNC1=O. The van der Waals surface area contributed by atoms with Gasteiger partial charge in [0.1, 0.15) is 6.04 Å². The van der Waals surface area contributed by atoms with Crippen molar-refractivity contribution >= 4 is 35.2 Å². The summed E-state index contributed by atoms with van der Waals surface area (Å²) in [6.07, 6.45) is 1.59. The van der Waals surface area contributed by atoms with Crippen molar-refractivity contribution in [3.05, 3.63) is 70.7 Å². The molecular formula is C20H21ClN2O2S. The Balaban J connectivity index is 1.67. The summed E-state index contributed by atoms with van der Waals surface area (Å²) in [5.74, 6) is 0.0743. The second-order valence-electron chi connectivity index (χ2n) is 6.21. The fourth-order valence-corrected chi connectivity index (χ4v) is 4.18. The van der Waals surface area contributed by atoms with Crippen LogP contribution in [0.2, 0.25) is 5.02 Å². The number of carbonyl (C=O) groups is 2. The minimum Gasteiger partial charge on any atom is -0.354 e. The van der Waals surface area contributed by atoms with E-state index in [-0.39, 0.29) is 22.8 Å². The van der Waals surface area contributed by atoms with Crippen LogP contribution in [-0.2, 0) is 9.59 Å². The lowest BCUT2D eigenvalue weighted by Gasteiger charge is -2.23. The molecule has 1 aliphatic rings. The highest BCUT2D eigenvalue weighted by Crippen LogP contribution is 2.35. The molecule has 3 rings (SSSR count). The summed E-state index contributed by atoms with van der Waals surface area (Å²) in [5.41, 5.74) is 2.22. The first-order chi connectivity index (χ1) is 12.6. The highest BCUT2D eigenvalue weighted by molar-refractivity contribution is 8.00. The Labute approximate surface area is 162 Å². The molecule has 136 valence electrons. The van der Waals surface area contributed by atoms with Crippen molar-refractivity contribution in [3.8, 4) is 0 Å². The lowest BCUT2D eigenvalue weighted by Crippen LogP contribution is -2.50. The lowest BCUT2D eigenvalue weighted by atomic mass is 10.0. The van der Waals surface area contributed by atoms with Crippen LogP contribution >= 0.6 is 23.4 Å². The number of amides is 2. The first kappa shape index (κ1) is 18.8. The molecule has 1 heterocycles. The molecule has 0 bridgehead atoms. The summed E-state index contributed by atoms with van der Waals surface area (Å²) in [6.45, 7) is 0.687. The molecule has 2 aromatic carbocycles. The summed E-state index contributed by atoms with van der Waals surface area (Å²) in [6, 6.07) is 17.3. The van der Waals surface area contributed by atoms with Gasteiger partial charge < -0.3 is 10.6 Å². The molecule has 4 nitrogen and oxygen atoms in total. The predicted octanol–water partition coefficient (Wildman–Crippen LogP) is 3.56. The number of carbonyl (C=O) groups excluding carboxylic acids is 2. The van der Waals surface area contributed by atoms with Crippen LogP contribution in [0.3, 0.4) is 0 Å². The second kappa shape index (κ2) is 9.10. The summed E-state index contributed by atoms with van der Waals surface area (Å²) < 4.78 is 0. The zero-order chi connectivity index (χ0) is 18.4. The van der Waals surface area contributed by atoms with E-state index in [1.807, 2.05) is 42.5 Å². The average Bonchev–Trinajstić information content (AvgIpc) is 2.66. The number of halogens is 1. The highest BCUT2D eigenvalue weighted by Gasteiger charge is 2.24. The molecule has 0 radical (unpaired) electrons. The van der Waals surface area contributed by atoms with Crippen LogP contribution in [0.5, 0.6) is 0 Å². The number of piperidine rings is 1. The molecular weight excluding hydrogens is 368 g/mol. The van der Waals surface area contributed by atoms with E-state index < -0.39 is 6.04 Å². The normalized spacial score (nSPS) is 18.0. The highest BCUT2D eigenvalue weighted by atomic mass is 35.5. The third-order valence-corrected chi connectivity index (χ3v) is 5.84. The maximum atomic E-state index is 12.3. The Kier molecular flexibility index (Phi) is 6.58. The molecule has 2 aromatic rings. The van der Waals surface area contributed by atoms with Crippen molar-refractivity contribution in [2.24, 2.45) is 0 Å². The van der Waals surface area contributed by atoms with E-state index in [1.165, 1.54) is 0 Å². The third-order valence-electron chi connectivity index (χ3n) is 4.28. The van der Waals surface area contributed by atoms with Gasteiger partial charge in [-0.2, -0.15) is 0 Å². The molecule has 0 aromatic heterocycles. The van der Waals surface area contributed by atoms with Gasteiger partial charge in [-0.15, -0.1) is 11.8 Å². The van der Waals surface area contributed by atoms with E-state index >= 15 is 0 Å². The molecule has 0 unspecified atom stereocenters. The molecule has 26 heavy (non-hydrogen) atoms. The summed E-state index contributed by atoms with van der Waals surface area (Å²) in [5, 5.41) is 6.34. The predicted molar refractivity (Wildman–Crippen MR) is 106 cm³/mol. The lowest BCUT2D eigenvalue weighted by molar-refractivity contribution is -0.129. The average molecular weight is 389 g/mol. The first-order valence-electron chi connectivity index (χ1n) is 8.62. The van der Waals surface area contributed by atoms with Gasteiger partial charge in [0.15, 0.2) is 0 Å². The molecule has 0 spiro atoms. The topological polar surface area (TPSA) is 58.2 Å². The van der Waals surface area contributed by atoms with Crippen LogP contribution in [0, 0.1) is 0 Å². The zero-order valence-corrected chi connectivity index (χ0v) is 15.9. The Hall–Kier alpha value is -1.98. The quantitative estimate of drug-likeness (QED) is 0.795. The Morgan fingerprint density at radius 2 is 1.85 bits per heavy atom. The van der Waals surface area contributed by atoms with Gasteiger partial charge in [0, 0.05) is 11.6 Å². The van der Waals surface area contributed by atoms with E-state index in [4.69, 9.17) is 11.6 Å². The van der Waals surface area contributed by atoms with Crippen LogP contribution in [0.25, 0.3) is 0 Å². The summed E-state index contributed by atoms with van der Waals surface area (Å²) in [4.78, 5) is 24.1. The van der Waals surface area contributed by atoms with Crippen molar-refractivity contribution in [2.75, 3.05) is 12.3 Å². The van der Waals surface area contributed by atoms with Gasteiger partial charge in [0.25, 0.3) is 0 Å². The zero-order valence-electron chi connectivity index (χ0n) is 14.3. The number of hydrogen-bond donors (Lipinski definition) is 2. The second-order valence-corrected chi connectivity index (χ2v) is 7.74. The summed E-state index contributed by atoms with van der Waals surface area (Å²) in [7, 11) is 0. The molecule has 2 atom stereocenters. The van der Waals surface area contributed by atoms with Crippen molar-refractivity contribution in [1.29, 1.82) is 0 Å². The largest absolute Gasteiger partial charge is 0.354 e. The van der Waals surface area contributed by atoms with Crippen LogP contribution in [0.15, 0.2) is 54.6 Å². The van der Waals surface area contributed by atoms with Gasteiger partial charge in [0.2, 0.25) is 11.8 Å². The van der Waals surface area contributed by atoms with Gasteiger partial charge in [-0.25, -0.2) is 0 Å². The maximum Gasteiger partial charge on any atom is 0.242 e. The monoisotopic (exact) mass is 388 g/mol. The fraction of sp³-hybridized carbons (Fsp3) is 0.300. The van der Waals surface area contributed by atoms with Crippen molar-refractivity contribution < 1.29 is 9.59 Å². The fourth-order valence-electron chi connectivity index (χ4n) is 2.96. The third kappa shape index (κ3) is 5.02. The Morgan fingerprint density at radius 1 is 1.15 bits per heavy atom. The van der Waals surface area contributed by atoms with E-state index in [9.17, 15) is 9.59 Å². The van der Waals surface area contributed by atoms with Gasteiger partial charge in [-0.05, 0) is 36.1 Å². The van der Waals surface area contributed by atoms with Gasteiger partial charge in [-0.1, -0.05) is 54.1 Å². The van der Waals surface area contributed by atoms with E-state index in [1.54, 1.807) is 11.8 Å². The molecule has 0 aliphatic carbocycles. The Bertz CT molecular complexity index is 752. The molecule has 6 heteroatoms. The standard InChI is InChI=1S/C20H21ClN2O2S/c21-16-10-8-15(9-11-16)19(14-5-2-1-3-6-14)26-13-18(24)23-17-7-4-12-22-20(17)25/h1-3,5-6,8-11,17,19H,4,7,12-13H2,(H,22,25)(H,23,24)/t17-,19+/m0/s1. The molecule has 1 saturated heterocycles. The number of rotatable bonds is 6. The number of thioether (sulfide) groups is 1. The number of hydrogen-bond acceptors (Lipinski definition) is 3. The maximum absolute atomic E-state index is 12.3. The van der Waals surface area contributed by atoms with Gasteiger partial charge in [-0.3, -0.25) is 9.59 Å². The number of nitrogens with one attached hydrogen (secondary N) is 2. The van der Waals surface area contributed by atoms with Gasteiger partial charge in [0.05, 0.1) is 11.0 Å². The van der Waals surface area contributed by atoms with Crippen LogP contribution in [0.4, 0.5) is 0 Å². The smallest absolute Gasteiger partial charge is 0.242 e. The molecule has 2 amide bonds. The van der Waals surface area contributed by atoms with E-state index in [0.29, 0.717) is 18.0 Å².